The van der Waals surface area contributed by atoms with Gasteiger partial charge < -0.3 is 29.9 Å². The summed E-state index contributed by atoms with van der Waals surface area (Å²) >= 11 is 6.56. The Bertz CT molecular complexity index is 1400. The fourth-order valence-electron chi connectivity index (χ4n) is 4.60. The number of rotatable bonds is 5. The normalized spacial score (nSPS) is 23.6. The van der Waals surface area contributed by atoms with Gasteiger partial charge in [0.2, 0.25) is 5.91 Å². The number of aliphatic hydroxyl groups is 4. The minimum Gasteiger partial charge on any atom is -0.454 e. The Morgan fingerprint density at radius 3 is 2.44 bits per heavy atom. The summed E-state index contributed by atoms with van der Waals surface area (Å²) in [6.07, 6.45) is -13.0. The number of benzene rings is 2. The van der Waals surface area contributed by atoms with Crippen LogP contribution in [0.3, 0.4) is 0 Å². The second-order valence-electron chi connectivity index (χ2n) is 9.25. The number of carbonyl (C=O) groups excluding carboxylic acids is 1. The zero-order chi connectivity index (χ0) is 28.8. The fourth-order valence-corrected chi connectivity index (χ4v) is 4.84. The van der Waals surface area contributed by atoms with Crippen LogP contribution < -0.4 is 9.64 Å². The van der Waals surface area contributed by atoms with Crippen LogP contribution in [0.2, 0.25) is 5.02 Å². The predicted octanol–water partition coefficient (Wildman–Crippen LogP) is 3.47. The van der Waals surface area contributed by atoms with Gasteiger partial charge in [0.1, 0.15) is 30.2 Å². The molecule has 2 aromatic carbocycles. The summed E-state index contributed by atoms with van der Waals surface area (Å²) in [7, 11) is 0. The molecule has 13 heteroatoms. The van der Waals surface area contributed by atoms with Gasteiger partial charge in [-0.15, -0.1) is 0 Å². The molecule has 0 saturated carbocycles. The van der Waals surface area contributed by atoms with Crippen molar-refractivity contribution in [3.63, 3.8) is 0 Å². The van der Waals surface area contributed by atoms with Crippen molar-refractivity contribution in [3.05, 3.63) is 58.2 Å². The lowest BCUT2D eigenvalue weighted by atomic mass is 9.97. The Kier molecular flexibility index (Phi) is 8.08. The lowest BCUT2D eigenvalue weighted by Gasteiger charge is -2.44. The number of nitrogens with zero attached hydrogens (tertiary/aromatic N) is 2. The van der Waals surface area contributed by atoms with Crippen LogP contribution in [0.4, 0.5) is 18.9 Å². The SMILES string of the molecule is CC(=O)N(c1cc(Cl)c2nc(C)cc(C)c2c1Oc1cccc(C(F)(F)F)c1)[C@@H]1O[C@H](CO)[C@H](O)[C@@H](O)[C@H]1O. The highest BCUT2D eigenvalue weighted by Crippen LogP contribution is 2.46. The highest BCUT2D eigenvalue weighted by Gasteiger charge is 2.47. The Labute approximate surface area is 226 Å². The Morgan fingerprint density at radius 1 is 1.13 bits per heavy atom. The van der Waals surface area contributed by atoms with Crippen molar-refractivity contribution in [2.24, 2.45) is 0 Å². The molecule has 0 spiro atoms. The molecular weight excluding hydrogens is 545 g/mol. The first-order chi connectivity index (χ1) is 18.2. The lowest BCUT2D eigenvalue weighted by molar-refractivity contribution is -0.228. The van der Waals surface area contributed by atoms with Crippen LogP contribution in [0, 0.1) is 13.8 Å². The summed E-state index contributed by atoms with van der Waals surface area (Å²) < 4.78 is 51.9. The van der Waals surface area contributed by atoms with E-state index in [2.05, 4.69) is 4.98 Å². The number of aliphatic hydroxyl groups excluding tert-OH is 4. The van der Waals surface area contributed by atoms with Crippen LogP contribution >= 0.6 is 11.6 Å². The molecule has 39 heavy (non-hydrogen) atoms. The van der Waals surface area contributed by atoms with Crippen molar-refractivity contribution in [2.75, 3.05) is 11.5 Å². The highest BCUT2D eigenvalue weighted by molar-refractivity contribution is 6.36. The molecule has 1 aliphatic heterocycles. The van der Waals surface area contributed by atoms with Crippen LogP contribution in [-0.4, -0.2) is 68.6 Å². The Balaban J connectivity index is 1.97. The molecule has 0 unspecified atom stereocenters. The van der Waals surface area contributed by atoms with Crippen molar-refractivity contribution in [2.45, 2.75) is 57.6 Å². The van der Waals surface area contributed by atoms with Crippen molar-refractivity contribution in [3.8, 4) is 11.5 Å². The van der Waals surface area contributed by atoms with Gasteiger partial charge in [-0.2, -0.15) is 13.2 Å². The maximum atomic E-state index is 13.4. The number of halogens is 4. The van der Waals surface area contributed by atoms with Crippen molar-refractivity contribution in [1.82, 2.24) is 4.98 Å². The lowest BCUT2D eigenvalue weighted by Crippen LogP contribution is -2.64. The van der Waals surface area contributed by atoms with Gasteiger partial charge in [-0.3, -0.25) is 14.7 Å². The van der Waals surface area contributed by atoms with Gasteiger partial charge in [-0.05, 0) is 49.7 Å². The first kappa shape index (κ1) is 29.0. The van der Waals surface area contributed by atoms with Crippen LogP contribution in [-0.2, 0) is 15.7 Å². The monoisotopic (exact) mass is 570 g/mol. The van der Waals surface area contributed by atoms with E-state index in [1.54, 1.807) is 19.9 Å². The molecule has 1 fully saturated rings. The first-order valence-corrected chi connectivity index (χ1v) is 12.2. The average molecular weight is 571 g/mol. The number of hydrogen-bond acceptors (Lipinski definition) is 8. The molecule has 3 aromatic rings. The predicted molar refractivity (Wildman–Crippen MR) is 135 cm³/mol. The molecule has 1 aliphatic rings. The zero-order valence-corrected chi connectivity index (χ0v) is 21.7. The molecule has 1 saturated heterocycles. The van der Waals surface area contributed by atoms with Gasteiger partial charge in [0.25, 0.3) is 0 Å². The third-order valence-corrected chi connectivity index (χ3v) is 6.68. The molecule has 0 aliphatic carbocycles. The number of carbonyl (C=O) groups is 1. The number of fused-ring (bicyclic) bond motifs is 1. The molecule has 2 heterocycles. The minimum absolute atomic E-state index is 0.0547. The number of aromatic nitrogens is 1. The molecule has 1 aromatic heterocycles. The summed E-state index contributed by atoms with van der Waals surface area (Å²) in [5.41, 5.74) is 0.327. The smallest absolute Gasteiger partial charge is 0.416 e. The molecule has 210 valence electrons. The molecular formula is C26H26ClF3N2O7. The molecule has 0 bridgehead atoms. The Hall–Kier alpha value is -3.00. The topological polar surface area (TPSA) is 133 Å². The standard InChI is InChI=1S/C26H26ClF3N2O7/c1-11-7-12(2)31-20-16(27)9-17(24(19(11)20)38-15-6-4-5-14(8-15)26(28,29)30)32(13(3)34)25-23(37)22(36)21(35)18(10-33)39-25/h4-9,18,21-23,25,33,35-37H,10H2,1-3H3/t18-,21+,22-,23-,25-/m1/s1. The van der Waals surface area contributed by atoms with E-state index in [9.17, 15) is 38.4 Å². The van der Waals surface area contributed by atoms with Crippen molar-refractivity contribution >= 4 is 34.1 Å². The minimum atomic E-state index is -4.65. The van der Waals surface area contributed by atoms with Crippen LogP contribution in [0.15, 0.2) is 36.4 Å². The zero-order valence-electron chi connectivity index (χ0n) is 21.0. The summed E-state index contributed by atoms with van der Waals surface area (Å²) in [6, 6.07) is 7.08. The van der Waals surface area contributed by atoms with Gasteiger partial charge in [-0.1, -0.05) is 17.7 Å². The largest absolute Gasteiger partial charge is 0.454 e. The molecule has 5 atom stereocenters. The van der Waals surface area contributed by atoms with E-state index in [0.717, 1.165) is 30.0 Å². The second kappa shape index (κ2) is 10.9. The fraction of sp³-hybridized carbons (Fsp3) is 0.385. The van der Waals surface area contributed by atoms with Gasteiger partial charge in [-0.25, -0.2) is 0 Å². The van der Waals surface area contributed by atoms with Crippen LogP contribution in [0.25, 0.3) is 10.9 Å². The summed E-state index contributed by atoms with van der Waals surface area (Å²) in [5.74, 6) is -1.07. The molecule has 9 nitrogen and oxygen atoms in total. The quantitative estimate of drug-likeness (QED) is 0.367. The van der Waals surface area contributed by atoms with Crippen LogP contribution in [0.1, 0.15) is 23.7 Å². The van der Waals surface area contributed by atoms with E-state index in [1.165, 1.54) is 12.1 Å². The van der Waals surface area contributed by atoms with E-state index in [0.29, 0.717) is 11.3 Å². The molecule has 4 N–H and O–H groups in total. The highest BCUT2D eigenvalue weighted by atomic mass is 35.5. The van der Waals surface area contributed by atoms with E-state index in [1.807, 2.05) is 0 Å². The van der Waals surface area contributed by atoms with E-state index in [4.69, 9.17) is 21.1 Å². The maximum absolute atomic E-state index is 13.4. The number of aryl methyl sites for hydroxylation is 2. The van der Waals surface area contributed by atoms with Gasteiger partial charge in [0.05, 0.1) is 28.4 Å². The van der Waals surface area contributed by atoms with Gasteiger partial charge in [0, 0.05) is 18.0 Å². The van der Waals surface area contributed by atoms with E-state index in [-0.39, 0.29) is 33.1 Å². The summed E-state index contributed by atoms with van der Waals surface area (Å²) in [4.78, 5) is 18.3. The van der Waals surface area contributed by atoms with Crippen molar-refractivity contribution < 1.29 is 47.9 Å². The number of amides is 1. The van der Waals surface area contributed by atoms with E-state index >= 15 is 0 Å². The third-order valence-electron chi connectivity index (χ3n) is 6.40. The summed E-state index contributed by atoms with van der Waals surface area (Å²) in [5, 5.41) is 41.3. The Morgan fingerprint density at radius 2 is 1.82 bits per heavy atom. The van der Waals surface area contributed by atoms with Crippen molar-refractivity contribution in [1.29, 1.82) is 0 Å². The second-order valence-corrected chi connectivity index (χ2v) is 9.65. The number of anilines is 1. The average Bonchev–Trinajstić information content (AvgIpc) is 2.85. The third kappa shape index (κ3) is 5.53. The van der Waals surface area contributed by atoms with Gasteiger partial charge >= 0.3 is 6.18 Å². The summed E-state index contributed by atoms with van der Waals surface area (Å²) in [6.45, 7) is 3.79. The number of alkyl halides is 3. The van der Waals surface area contributed by atoms with Crippen LogP contribution in [0.5, 0.6) is 11.5 Å². The molecule has 1 amide bonds. The molecule has 4 rings (SSSR count). The number of hydrogen-bond donors (Lipinski definition) is 4. The van der Waals surface area contributed by atoms with E-state index < -0.39 is 54.9 Å². The molecule has 0 radical (unpaired) electrons. The van der Waals surface area contributed by atoms with Gasteiger partial charge in [0.15, 0.2) is 12.0 Å². The first-order valence-electron chi connectivity index (χ1n) is 11.8. The number of pyridine rings is 1. The maximum Gasteiger partial charge on any atom is 0.416 e. The number of ether oxygens (including phenoxy) is 2.